The van der Waals surface area contributed by atoms with Crippen LogP contribution >= 0.6 is 11.6 Å². The highest BCUT2D eigenvalue weighted by Gasteiger charge is 2.15. The van der Waals surface area contributed by atoms with Gasteiger partial charge in [-0.25, -0.2) is 24.3 Å². The fraction of sp³-hybridized carbons (Fsp3) is 0.176. The van der Waals surface area contributed by atoms with Gasteiger partial charge in [0.05, 0.1) is 13.1 Å². The summed E-state index contributed by atoms with van der Waals surface area (Å²) in [5, 5.41) is 0.404. The van der Waals surface area contributed by atoms with Crippen LogP contribution in [0.1, 0.15) is 5.82 Å². The third-order valence-electron chi connectivity index (χ3n) is 3.86. The maximum absolute atomic E-state index is 13.0. The van der Waals surface area contributed by atoms with Crippen molar-refractivity contribution in [3.8, 4) is 11.5 Å². The molecule has 0 aliphatic heterocycles. The molecule has 0 amide bonds. The SMILES string of the molecule is FCCn1c(Cn2ccnc2-c2cccc(Cl)n2)nc2cccnc21. The van der Waals surface area contributed by atoms with Crippen LogP contribution in [0.25, 0.3) is 22.7 Å². The molecule has 0 saturated heterocycles. The normalized spacial score (nSPS) is 11.3. The Labute approximate surface area is 148 Å². The molecule has 0 fully saturated rings. The van der Waals surface area contributed by atoms with Crippen molar-refractivity contribution in [2.75, 3.05) is 6.67 Å². The highest BCUT2D eigenvalue weighted by Crippen LogP contribution is 2.20. The third kappa shape index (κ3) is 2.98. The number of hydrogen-bond acceptors (Lipinski definition) is 4. The summed E-state index contributed by atoms with van der Waals surface area (Å²) in [4.78, 5) is 17.6. The number of imidazole rings is 2. The minimum absolute atomic E-state index is 0.211. The van der Waals surface area contributed by atoms with Gasteiger partial charge in [-0.1, -0.05) is 17.7 Å². The maximum atomic E-state index is 13.0. The lowest BCUT2D eigenvalue weighted by atomic mass is 10.3. The topological polar surface area (TPSA) is 61.4 Å². The molecule has 0 atom stereocenters. The molecule has 0 aliphatic rings. The van der Waals surface area contributed by atoms with E-state index in [2.05, 4.69) is 19.9 Å². The molecule has 0 N–H and O–H groups in total. The van der Waals surface area contributed by atoms with Crippen LogP contribution in [0, 0.1) is 0 Å². The lowest BCUT2D eigenvalue weighted by Crippen LogP contribution is -2.11. The summed E-state index contributed by atoms with van der Waals surface area (Å²) in [6.07, 6.45) is 5.21. The monoisotopic (exact) mass is 356 g/mol. The summed E-state index contributed by atoms with van der Waals surface area (Å²) in [6.45, 7) is 0.157. The van der Waals surface area contributed by atoms with E-state index in [0.29, 0.717) is 34.7 Å². The van der Waals surface area contributed by atoms with E-state index < -0.39 is 6.67 Å². The Hall–Kier alpha value is -2.80. The average Bonchev–Trinajstić information content (AvgIpc) is 3.21. The molecule has 0 saturated carbocycles. The number of rotatable bonds is 5. The van der Waals surface area contributed by atoms with E-state index in [1.54, 1.807) is 23.0 Å². The molecule has 0 bridgehead atoms. The van der Waals surface area contributed by atoms with Gasteiger partial charge in [0.1, 0.15) is 28.9 Å². The van der Waals surface area contributed by atoms with E-state index in [1.165, 1.54) is 0 Å². The summed E-state index contributed by atoms with van der Waals surface area (Å²) < 4.78 is 16.7. The number of fused-ring (bicyclic) bond motifs is 1. The van der Waals surface area contributed by atoms with E-state index in [0.717, 1.165) is 5.52 Å². The molecule has 0 radical (unpaired) electrons. The predicted molar refractivity (Wildman–Crippen MR) is 93.1 cm³/mol. The first kappa shape index (κ1) is 15.7. The molecule has 4 aromatic rings. The number of aryl methyl sites for hydroxylation is 1. The van der Waals surface area contributed by atoms with Crippen molar-refractivity contribution in [1.29, 1.82) is 0 Å². The molecule has 0 aromatic carbocycles. The number of halogens is 2. The van der Waals surface area contributed by atoms with Gasteiger partial charge in [-0.05, 0) is 24.3 Å². The zero-order chi connectivity index (χ0) is 17.2. The number of alkyl halides is 1. The van der Waals surface area contributed by atoms with E-state index in [9.17, 15) is 4.39 Å². The molecule has 0 spiro atoms. The fourth-order valence-electron chi connectivity index (χ4n) is 2.80. The van der Waals surface area contributed by atoms with Crippen LogP contribution in [0.4, 0.5) is 4.39 Å². The molecule has 6 nitrogen and oxygen atoms in total. The van der Waals surface area contributed by atoms with Gasteiger partial charge in [0.15, 0.2) is 11.5 Å². The van der Waals surface area contributed by atoms with Crippen molar-refractivity contribution in [1.82, 2.24) is 29.1 Å². The highest BCUT2D eigenvalue weighted by molar-refractivity contribution is 6.29. The molecule has 8 heteroatoms. The molecule has 126 valence electrons. The Morgan fingerprint density at radius 1 is 1.04 bits per heavy atom. The predicted octanol–water partition coefficient (Wildman–Crippen LogP) is 3.36. The molecular formula is C17H14ClFN6. The first-order valence-corrected chi connectivity index (χ1v) is 8.14. The second-order valence-corrected chi connectivity index (χ2v) is 5.83. The van der Waals surface area contributed by atoms with E-state index in [4.69, 9.17) is 11.6 Å². The Bertz CT molecular complexity index is 1020. The highest BCUT2D eigenvalue weighted by atomic mass is 35.5. The quantitative estimate of drug-likeness (QED) is 0.514. The Balaban J connectivity index is 1.76. The second-order valence-electron chi connectivity index (χ2n) is 5.44. The van der Waals surface area contributed by atoms with Gasteiger partial charge in [-0.3, -0.25) is 0 Å². The van der Waals surface area contributed by atoms with Crippen LogP contribution in [-0.4, -0.2) is 35.7 Å². The Kier molecular flexibility index (Phi) is 4.15. The van der Waals surface area contributed by atoms with Gasteiger partial charge in [0.2, 0.25) is 0 Å². The summed E-state index contributed by atoms with van der Waals surface area (Å²) in [6, 6.07) is 9.07. The lowest BCUT2D eigenvalue weighted by Gasteiger charge is -2.09. The van der Waals surface area contributed by atoms with E-state index in [1.807, 2.05) is 35.0 Å². The summed E-state index contributed by atoms with van der Waals surface area (Å²) >= 11 is 5.98. The second kappa shape index (κ2) is 6.60. The van der Waals surface area contributed by atoms with Gasteiger partial charge >= 0.3 is 0 Å². The van der Waals surface area contributed by atoms with Gasteiger partial charge < -0.3 is 9.13 Å². The first-order chi connectivity index (χ1) is 12.3. The molecule has 4 heterocycles. The van der Waals surface area contributed by atoms with E-state index >= 15 is 0 Å². The minimum Gasteiger partial charge on any atom is -0.322 e. The molecule has 25 heavy (non-hydrogen) atoms. The van der Waals surface area contributed by atoms with Crippen molar-refractivity contribution in [3.05, 3.63) is 59.9 Å². The van der Waals surface area contributed by atoms with Crippen molar-refractivity contribution in [3.63, 3.8) is 0 Å². The van der Waals surface area contributed by atoms with Crippen LogP contribution in [0.5, 0.6) is 0 Å². The summed E-state index contributed by atoms with van der Waals surface area (Å²) in [5.41, 5.74) is 2.09. The fourth-order valence-corrected chi connectivity index (χ4v) is 2.96. The average molecular weight is 357 g/mol. The molecule has 4 aromatic heterocycles. The van der Waals surface area contributed by atoms with Crippen molar-refractivity contribution >= 4 is 22.8 Å². The van der Waals surface area contributed by atoms with Crippen molar-refractivity contribution in [2.45, 2.75) is 13.1 Å². The van der Waals surface area contributed by atoms with Crippen LogP contribution < -0.4 is 0 Å². The van der Waals surface area contributed by atoms with Gasteiger partial charge in [0.25, 0.3) is 0 Å². The maximum Gasteiger partial charge on any atom is 0.160 e. The summed E-state index contributed by atoms with van der Waals surface area (Å²) in [7, 11) is 0. The molecule has 0 unspecified atom stereocenters. The first-order valence-electron chi connectivity index (χ1n) is 7.76. The largest absolute Gasteiger partial charge is 0.322 e. The summed E-state index contributed by atoms with van der Waals surface area (Å²) in [5.74, 6) is 1.39. The zero-order valence-electron chi connectivity index (χ0n) is 13.2. The number of hydrogen-bond donors (Lipinski definition) is 0. The Morgan fingerprint density at radius 3 is 2.80 bits per heavy atom. The van der Waals surface area contributed by atoms with Crippen LogP contribution in [-0.2, 0) is 13.1 Å². The van der Waals surface area contributed by atoms with Crippen LogP contribution in [0.3, 0.4) is 0 Å². The van der Waals surface area contributed by atoms with Crippen molar-refractivity contribution < 1.29 is 4.39 Å². The zero-order valence-corrected chi connectivity index (χ0v) is 13.9. The van der Waals surface area contributed by atoms with Crippen LogP contribution in [0.15, 0.2) is 48.9 Å². The molecule has 0 aliphatic carbocycles. The third-order valence-corrected chi connectivity index (χ3v) is 4.07. The standard InChI is InChI=1S/C17H14ClFN6/c18-14-5-1-3-12(22-14)16-21-8-10-24(16)11-15-23-13-4-2-7-20-17(13)25(15)9-6-19/h1-5,7-8,10H,6,9,11H2. The minimum atomic E-state index is -0.484. The lowest BCUT2D eigenvalue weighted by molar-refractivity contribution is 0.441. The number of pyridine rings is 2. The van der Waals surface area contributed by atoms with Crippen LogP contribution in [0.2, 0.25) is 5.15 Å². The Morgan fingerprint density at radius 2 is 1.96 bits per heavy atom. The number of nitrogens with zero attached hydrogens (tertiary/aromatic N) is 6. The van der Waals surface area contributed by atoms with Crippen molar-refractivity contribution in [2.24, 2.45) is 0 Å². The smallest absolute Gasteiger partial charge is 0.160 e. The van der Waals surface area contributed by atoms with Gasteiger partial charge in [-0.15, -0.1) is 0 Å². The van der Waals surface area contributed by atoms with Gasteiger partial charge in [0, 0.05) is 18.6 Å². The molecular weight excluding hydrogens is 343 g/mol. The molecule has 4 rings (SSSR count). The number of aromatic nitrogens is 6. The van der Waals surface area contributed by atoms with Gasteiger partial charge in [-0.2, -0.15) is 0 Å². The van der Waals surface area contributed by atoms with E-state index in [-0.39, 0.29) is 6.54 Å².